The molecule has 0 aliphatic heterocycles. The van der Waals surface area contributed by atoms with Gasteiger partial charge in [0.05, 0.1) is 27.6 Å². The number of carbonyl (C=O) groups excluding carboxylic acids is 1. The highest BCUT2D eigenvalue weighted by molar-refractivity contribution is 8.00. The van der Waals surface area contributed by atoms with Gasteiger partial charge >= 0.3 is 0 Å². The van der Waals surface area contributed by atoms with Crippen LogP contribution in [-0.2, 0) is 4.79 Å². The molecular weight excluding hydrogens is 492 g/mol. The highest BCUT2D eigenvalue weighted by Gasteiger charge is 2.26. The predicted molar refractivity (Wildman–Crippen MR) is 143 cm³/mol. The Morgan fingerprint density at radius 2 is 1.89 bits per heavy atom. The van der Waals surface area contributed by atoms with Gasteiger partial charge in [0.1, 0.15) is 34.3 Å². The molecule has 8 nitrogen and oxygen atoms in total. The number of nitrogens with two attached hydrogens (primary N) is 1. The first-order chi connectivity index (χ1) is 17.5. The molecule has 2 aromatic carbocycles. The maximum Gasteiger partial charge on any atom is 0.239 e. The Kier molecular flexibility index (Phi) is 7.69. The molecule has 1 unspecified atom stereocenters. The van der Waals surface area contributed by atoms with E-state index in [1.54, 1.807) is 12.1 Å². The fourth-order valence-corrected chi connectivity index (χ4v) is 5.55. The number of nitrogens with one attached hydrogen (secondary N) is 1. The summed E-state index contributed by atoms with van der Waals surface area (Å²) in [5, 5.41) is 22.8. The fourth-order valence-electron chi connectivity index (χ4n) is 3.63. The molecule has 0 aliphatic carbocycles. The molecule has 1 amide bonds. The van der Waals surface area contributed by atoms with Crippen LogP contribution in [-0.4, -0.2) is 27.7 Å². The van der Waals surface area contributed by atoms with E-state index in [1.165, 1.54) is 11.3 Å². The number of aromatic nitrogens is 2. The third kappa shape index (κ3) is 5.10. The van der Waals surface area contributed by atoms with Crippen LogP contribution in [0, 0.1) is 22.7 Å². The van der Waals surface area contributed by atoms with Gasteiger partial charge < -0.3 is 15.8 Å². The first kappa shape index (κ1) is 25.0. The third-order valence-electron chi connectivity index (χ3n) is 5.30. The van der Waals surface area contributed by atoms with Gasteiger partial charge in [-0.1, -0.05) is 60.4 Å². The van der Waals surface area contributed by atoms with E-state index in [9.17, 15) is 15.3 Å². The summed E-state index contributed by atoms with van der Waals surface area (Å²) >= 11 is 2.51. The molecule has 0 fully saturated rings. The average molecular weight is 515 g/mol. The van der Waals surface area contributed by atoms with Gasteiger partial charge in [-0.15, -0.1) is 0 Å². The summed E-state index contributed by atoms with van der Waals surface area (Å²) in [5.74, 6) is 0.502. The monoisotopic (exact) mass is 514 g/mol. The Hall–Kier alpha value is -4.12. The molecule has 10 heteroatoms. The zero-order valence-corrected chi connectivity index (χ0v) is 21.2. The molecule has 2 heterocycles. The van der Waals surface area contributed by atoms with Crippen LogP contribution in [0.25, 0.3) is 21.3 Å². The Labute approximate surface area is 216 Å². The number of pyridine rings is 1. The number of rotatable bonds is 8. The van der Waals surface area contributed by atoms with Gasteiger partial charge in [-0.25, -0.2) is 9.97 Å². The van der Waals surface area contributed by atoms with Crippen molar-refractivity contribution in [3.8, 4) is 29.0 Å². The van der Waals surface area contributed by atoms with Gasteiger partial charge in [-0.2, -0.15) is 10.5 Å². The highest BCUT2D eigenvalue weighted by Crippen LogP contribution is 2.38. The fraction of sp³-hybridized carbons (Fsp3) is 0.192. The van der Waals surface area contributed by atoms with Crippen molar-refractivity contribution in [1.82, 2.24) is 9.97 Å². The molecule has 4 aromatic rings. The summed E-state index contributed by atoms with van der Waals surface area (Å²) in [4.78, 5) is 22.0. The molecule has 180 valence electrons. The van der Waals surface area contributed by atoms with E-state index in [4.69, 9.17) is 10.5 Å². The number of fused-ring (bicyclic) bond motifs is 1. The number of carbonyl (C=O) groups is 1. The number of anilines is 2. The smallest absolute Gasteiger partial charge is 0.239 e. The molecule has 4 rings (SSSR count). The van der Waals surface area contributed by atoms with E-state index in [1.807, 2.05) is 50.2 Å². The number of nitriles is 2. The van der Waals surface area contributed by atoms with Crippen LogP contribution in [0.3, 0.4) is 0 Å². The Bertz CT molecular complexity index is 1510. The summed E-state index contributed by atoms with van der Waals surface area (Å²) < 4.78 is 6.44. The van der Waals surface area contributed by atoms with E-state index in [0.29, 0.717) is 34.3 Å². The first-order valence-corrected chi connectivity index (χ1v) is 12.9. The van der Waals surface area contributed by atoms with Crippen molar-refractivity contribution in [2.45, 2.75) is 30.5 Å². The number of nitrogen functional groups attached to an aromatic ring is 1. The van der Waals surface area contributed by atoms with Crippen molar-refractivity contribution < 1.29 is 9.53 Å². The lowest BCUT2D eigenvalue weighted by atomic mass is 9.97. The zero-order valence-electron chi connectivity index (χ0n) is 19.6. The Balaban J connectivity index is 1.63. The van der Waals surface area contributed by atoms with Crippen molar-refractivity contribution in [2.24, 2.45) is 0 Å². The molecule has 0 bridgehead atoms. The topological polar surface area (TPSA) is 138 Å². The largest absolute Gasteiger partial charge is 0.494 e. The molecule has 3 N–H and O–H groups in total. The third-order valence-corrected chi connectivity index (χ3v) is 7.58. The molecule has 36 heavy (non-hydrogen) atoms. The van der Waals surface area contributed by atoms with Crippen molar-refractivity contribution in [3.63, 3.8) is 0 Å². The van der Waals surface area contributed by atoms with Crippen molar-refractivity contribution in [1.29, 1.82) is 10.5 Å². The van der Waals surface area contributed by atoms with Crippen LogP contribution in [0.2, 0.25) is 0 Å². The van der Waals surface area contributed by atoms with Crippen LogP contribution in [0.15, 0.2) is 53.6 Å². The van der Waals surface area contributed by atoms with E-state index in [2.05, 4.69) is 27.4 Å². The van der Waals surface area contributed by atoms with Gasteiger partial charge in [0, 0.05) is 5.56 Å². The number of ether oxygens (including phenoxy) is 1. The predicted octanol–water partition coefficient (Wildman–Crippen LogP) is 5.59. The van der Waals surface area contributed by atoms with E-state index >= 15 is 0 Å². The summed E-state index contributed by atoms with van der Waals surface area (Å²) in [6.45, 7) is 4.36. The van der Waals surface area contributed by atoms with Crippen LogP contribution >= 0.6 is 23.1 Å². The van der Waals surface area contributed by atoms with Crippen LogP contribution < -0.4 is 15.8 Å². The summed E-state index contributed by atoms with van der Waals surface area (Å²) in [6.07, 6.45) is 0.475. The number of hydrogen-bond donors (Lipinski definition) is 2. The second kappa shape index (κ2) is 11.1. The molecule has 0 radical (unpaired) electrons. The summed E-state index contributed by atoms with van der Waals surface area (Å²) in [6, 6.07) is 18.9. The SMILES string of the molecule is CCOc1ccc2nc(NC(=O)C(CC)Sc3nc(N)c(C#N)c(-c4ccccc4)c3C#N)sc2c1. The molecule has 0 saturated carbocycles. The van der Waals surface area contributed by atoms with Gasteiger partial charge in [-0.3, -0.25) is 4.79 Å². The second-order valence-corrected chi connectivity index (χ2v) is 9.82. The number of amides is 1. The number of thiazole rings is 1. The van der Waals surface area contributed by atoms with Gasteiger partial charge in [0.15, 0.2) is 5.13 Å². The summed E-state index contributed by atoms with van der Waals surface area (Å²) in [5.41, 5.74) is 8.33. The quantitative estimate of drug-likeness (QED) is 0.290. The number of hydrogen-bond acceptors (Lipinski definition) is 9. The maximum atomic E-state index is 13.2. The molecule has 0 aliphatic rings. The van der Waals surface area contributed by atoms with Crippen molar-refractivity contribution in [3.05, 3.63) is 59.7 Å². The number of benzene rings is 2. The number of nitrogens with zero attached hydrogens (tertiary/aromatic N) is 4. The van der Waals surface area contributed by atoms with E-state index in [-0.39, 0.29) is 22.9 Å². The van der Waals surface area contributed by atoms with E-state index in [0.717, 1.165) is 27.7 Å². The van der Waals surface area contributed by atoms with Crippen molar-refractivity contribution >= 4 is 50.2 Å². The van der Waals surface area contributed by atoms with Crippen molar-refractivity contribution in [2.75, 3.05) is 17.7 Å². The average Bonchev–Trinajstić information content (AvgIpc) is 3.28. The standard InChI is InChI=1S/C26H22N6O2S2/c1-3-20(24(33)32-26-30-19-11-10-16(34-4-2)12-21(19)36-26)35-25-18(14-28)22(15-8-6-5-7-9-15)17(13-27)23(29)31-25/h5-12,20H,3-4H2,1-2H3,(H2,29,31)(H,30,32,33). The molecule has 0 spiro atoms. The zero-order chi connectivity index (χ0) is 25.7. The minimum Gasteiger partial charge on any atom is -0.494 e. The molecule has 2 aromatic heterocycles. The van der Waals surface area contributed by atoms with Gasteiger partial charge in [-0.05, 0) is 37.1 Å². The molecular formula is C26H22N6O2S2. The summed E-state index contributed by atoms with van der Waals surface area (Å²) in [7, 11) is 0. The normalized spacial score (nSPS) is 11.4. The molecule has 0 saturated heterocycles. The minimum absolute atomic E-state index is 0.0180. The lowest BCUT2D eigenvalue weighted by Crippen LogP contribution is -2.25. The molecule has 1 atom stereocenters. The van der Waals surface area contributed by atoms with Crippen LogP contribution in [0.1, 0.15) is 31.4 Å². The Morgan fingerprint density at radius 3 is 2.56 bits per heavy atom. The van der Waals surface area contributed by atoms with Crippen LogP contribution in [0.4, 0.5) is 10.9 Å². The first-order valence-electron chi connectivity index (χ1n) is 11.2. The highest BCUT2D eigenvalue weighted by atomic mass is 32.2. The van der Waals surface area contributed by atoms with Gasteiger partial charge in [0.2, 0.25) is 5.91 Å². The Morgan fingerprint density at radius 1 is 1.14 bits per heavy atom. The lowest BCUT2D eigenvalue weighted by molar-refractivity contribution is -0.115. The van der Waals surface area contributed by atoms with Gasteiger partial charge in [0.25, 0.3) is 0 Å². The second-order valence-electron chi connectivity index (χ2n) is 7.60. The lowest BCUT2D eigenvalue weighted by Gasteiger charge is -2.17. The maximum absolute atomic E-state index is 13.2. The van der Waals surface area contributed by atoms with E-state index < -0.39 is 5.25 Å². The number of thioether (sulfide) groups is 1. The minimum atomic E-state index is -0.563. The van der Waals surface area contributed by atoms with Crippen LogP contribution in [0.5, 0.6) is 5.75 Å².